The van der Waals surface area contributed by atoms with Gasteiger partial charge in [0.15, 0.2) is 0 Å². The van der Waals surface area contributed by atoms with Crippen LogP contribution < -0.4 is 5.32 Å². The van der Waals surface area contributed by atoms with E-state index in [0.717, 1.165) is 24.1 Å². The standard InChI is InChI=1S/C20H26N4O4/c1-23-18(17(11-22-23)19(25)27-2)12-21-16-9-6-10-24(13-16)20(26)28-14-15-7-4-3-5-8-15/h3-5,7-8,11,16,21H,6,9-10,12-14H2,1-2H3/t16-/m0/s1. The Morgan fingerprint density at radius 1 is 1.29 bits per heavy atom. The Hall–Kier alpha value is -2.87. The normalized spacial score (nSPS) is 16.6. The zero-order chi connectivity index (χ0) is 19.9. The Bertz CT molecular complexity index is 806. The van der Waals surface area contributed by atoms with Gasteiger partial charge in [-0.15, -0.1) is 0 Å². The van der Waals surface area contributed by atoms with Gasteiger partial charge in [-0.25, -0.2) is 9.59 Å². The lowest BCUT2D eigenvalue weighted by Crippen LogP contribution is -2.48. The molecule has 1 amide bonds. The number of methoxy groups -OCH3 is 1. The number of likely N-dealkylation sites (tertiary alicyclic amines) is 1. The zero-order valence-electron chi connectivity index (χ0n) is 16.3. The lowest BCUT2D eigenvalue weighted by molar-refractivity contribution is 0.0599. The van der Waals surface area contributed by atoms with E-state index < -0.39 is 5.97 Å². The van der Waals surface area contributed by atoms with E-state index in [1.807, 2.05) is 30.3 Å². The molecule has 3 rings (SSSR count). The Balaban J connectivity index is 1.52. The second-order valence-corrected chi connectivity index (χ2v) is 6.83. The number of esters is 1. The highest BCUT2D eigenvalue weighted by molar-refractivity contribution is 5.90. The highest BCUT2D eigenvalue weighted by Crippen LogP contribution is 2.15. The minimum atomic E-state index is -0.403. The number of piperidine rings is 1. The van der Waals surface area contributed by atoms with Crippen molar-refractivity contribution in [3.8, 4) is 0 Å². The molecule has 2 heterocycles. The van der Waals surface area contributed by atoms with E-state index in [4.69, 9.17) is 9.47 Å². The van der Waals surface area contributed by atoms with Crippen LogP contribution in [0.15, 0.2) is 36.5 Å². The lowest BCUT2D eigenvalue weighted by atomic mass is 10.1. The topological polar surface area (TPSA) is 85.7 Å². The fourth-order valence-electron chi connectivity index (χ4n) is 3.31. The summed E-state index contributed by atoms with van der Waals surface area (Å²) in [5, 5.41) is 7.56. The number of rotatable bonds is 6. The minimum absolute atomic E-state index is 0.124. The van der Waals surface area contributed by atoms with Crippen LogP contribution in [0, 0.1) is 0 Å². The van der Waals surface area contributed by atoms with Crippen LogP contribution in [0.1, 0.15) is 34.5 Å². The highest BCUT2D eigenvalue weighted by Gasteiger charge is 2.25. The summed E-state index contributed by atoms with van der Waals surface area (Å²) >= 11 is 0. The number of ether oxygens (including phenoxy) is 2. The van der Waals surface area contributed by atoms with Gasteiger partial charge in [0.25, 0.3) is 0 Å². The van der Waals surface area contributed by atoms with Crippen molar-refractivity contribution in [2.45, 2.75) is 32.0 Å². The van der Waals surface area contributed by atoms with E-state index in [1.54, 1.807) is 16.6 Å². The van der Waals surface area contributed by atoms with Crippen molar-refractivity contribution in [3.63, 3.8) is 0 Å². The number of carbonyl (C=O) groups excluding carboxylic acids is 2. The summed E-state index contributed by atoms with van der Waals surface area (Å²) in [6, 6.07) is 9.76. The van der Waals surface area contributed by atoms with Crippen LogP contribution in [-0.4, -0.2) is 53.0 Å². The largest absolute Gasteiger partial charge is 0.465 e. The van der Waals surface area contributed by atoms with Crippen molar-refractivity contribution in [1.29, 1.82) is 0 Å². The molecule has 0 bridgehead atoms. The Kier molecular flexibility index (Phi) is 6.65. The molecule has 1 aliphatic heterocycles. The first-order valence-corrected chi connectivity index (χ1v) is 9.36. The average molecular weight is 386 g/mol. The summed E-state index contributed by atoms with van der Waals surface area (Å²) in [5.74, 6) is -0.403. The van der Waals surface area contributed by atoms with E-state index in [9.17, 15) is 9.59 Å². The summed E-state index contributed by atoms with van der Waals surface area (Å²) in [6.07, 6.45) is 3.06. The molecular formula is C20H26N4O4. The molecule has 1 fully saturated rings. The molecule has 1 saturated heterocycles. The van der Waals surface area contributed by atoms with E-state index in [1.165, 1.54) is 13.3 Å². The van der Waals surface area contributed by atoms with Crippen molar-refractivity contribution in [3.05, 3.63) is 53.3 Å². The van der Waals surface area contributed by atoms with Gasteiger partial charge >= 0.3 is 12.1 Å². The fourth-order valence-corrected chi connectivity index (χ4v) is 3.31. The maximum Gasteiger partial charge on any atom is 0.410 e. The van der Waals surface area contributed by atoms with Crippen molar-refractivity contribution in [2.24, 2.45) is 7.05 Å². The summed E-state index contributed by atoms with van der Waals surface area (Å²) in [6.45, 7) is 1.99. The molecule has 0 unspecified atom stereocenters. The second kappa shape index (κ2) is 9.36. The van der Waals surface area contributed by atoms with E-state index in [-0.39, 0.29) is 18.7 Å². The predicted octanol–water partition coefficient (Wildman–Crippen LogP) is 2.10. The fraction of sp³-hybridized carbons (Fsp3) is 0.450. The number of nitrogens with one attached hydrogen (secondary N) is 1. The number of aromatic nitrogens is 2. The third kappa shape index (κ3) is 4.89. The Morgan fingerprint density at radius 3 is 2.82 bits per heavy atom. The molecule has 1 atom stereocenters. The smallest absolute Gasteiger partial charge is 0.410 e. The monoisotopic (exact) mass is 386 g/mol. The van der Waals surface area contributed by atoms with Crippen molar-refractivity contribution in [1.82, 2.24) is 20.0 Å². The Morgan fingerprint density at radius 2 is 2.07 bits per heavy atom. The van der Waals surface area contributed by atoms with Gasteiger partial charge < -0.3 is 19.7 Å². The molecule has 2 aromatic rings. The zero-order valence-corrected chi connectivity index (χ0v) is 16.3. The molecule has 8 nitrogen and oxygen atoms in total. The quantitative estimate of drug-likeness (QED) is 0.766. The molecular weight excluding hydrogens is 360 g/mol. The number of amides is 1. The van der Waals surface area contributed by atoms with Gasteiger partial charge in [-0.3, -0.25) is 4.68 Å². The number of aryl methyl sites for hydroxylation is 1. The van der Waals surface area contributed by atoms with E-state index in [2.05, 4.69) is 10.4 Å². The predicted molar refractivity (Wildman–Crippen MR) is 103 cm³/mol. The van der Waals surface area contributed by atoms with Gasteiger partial charge in [0.2, 0.25) is 0 Å². The molecule has 150 valence electrons. The van der Waals surface area contributed by atoms with Crippen molar-refractivity contribution >= 4 is 12.1 Å². The number of hydrogen-bond donors (Lipinski definition) is 1. The van der Waals surface area contributed by atoms with E-state index in [0.29, 0.717) is 25.2 Å². The van der Waals surface area contributed by atoms with Gasteiger partial charge in [-0.1, -0.05) is 30.3 Å². The number of carbonyl (C=O) groups is 2. The SMILES string of the molecule is COC(=O)c1cnn(C)c1CN[C@H]1CCCN(C(=O)OCc2ccccc2)C1. The molecule has 8 heteroatoms. The second-order valence-electron chi connectivity index (χ2n) is 6.83. The summed E-state index contributed by atoms with van der Waals surface area (Å²) in [4.78, 5) is 26.0. The molecule has 0 spiro atoms. The number of benzene rings is 1. The summed E-state index contributed by atoms with van der Waals surface area (Å²) < 4.78 is 11.9. The third-order valence-electron chi connectivity index (χ3n) is 4.91. The molecule has 1 aromatic carbocycles. The van der Waals surface area contributed by atoms with Crippen LogP contribution in [0.2, 0.25) is 0 Å². The third-order valence-corrected chi connectivity index (χ3v) is 4.91. The van der Waals surface area contributed by atoms with Crippen LogP contribution in [-0.2, 0) is 29.7 Å². The van der Waals surface area contributed by atoms with Crippen molar-refractivity contribution in [2.75, 3.05) is 20.2 Å². The first-order chi connectivity index (χ1) is 13.6. The molecule has 28 heavy (non-hydrogen) atoms. The van der Waals surface area contributed by atoms with Crippen LogP contribution in [0.5, 0.6) is 0 Å². The number of hydrogen-bond acceptors (Lipinski definition) is 6. The van der Waals surface area contributed by atoms with Gasteiger partial charge in [0.1, 0.15) is 12.2 Å². The van der Waals surface area contributed by atoms with Gasteiger partial charge in [-0.2, -0.15) is 5.10 Å². The maximum atomic E-state index is 12.4. The minimum Gasteiger partial charge on any atom is -0.465 e. The summed E-state index contributed by atoms with van der Waals surface area (Å²) in [7, 11) is 3.14. The van der Waals surface area contributed by atoms with Gasteiger partial charge in [0, 0.05) is 32.7 Å². The molecule has 0 radical (unpaired) electrons. The molecule has 1 aliphatic rings. The van der Waals surface area contributed by atoms with Crippen molar-refractivity contribution < 1.29 is 19.1 Å². The molecule has 1 N–H and O–H groups in total. The van der Waals surface area contributed by atoms with Crippen LogP contribution >= 0.6 is 0 Å². The number of nitrogens with zero attached hydrogens (tertiary/aromatic N) is 3. The molecule has 0 aliphatic carbocycles. The lowest BCUT2D eigenvalue weighted by Gasteiger charge is -2.32. The maximum absolute atomic E-state index is 12.4. The first-order valence-electron chi connectivity index (χ1n) is 9.36. The van der Waals surface area contributed by atoms with E-state index >= 15 is 0 Å². The van der Waals surface area contributed by atoms with Gasteiger partial charge in [-0.05, 0) is 18.4 Å². The first kappa shape index (κ1) is 19.9. The van der Waals surface area contributed by atoms with Gasteiger partial charge in [0.05, 0.1) is 19.0 Å². The average Bonchev–Trinajstić information content (AvgIpc) is 3.11. The Labute approximate surface area is 164 Å². The van der Waals surface area contributed by atoms with Crippen LogP contribution in [0.3, 0.4) is 0 Å². The highest BCUT2D eigenvalue weighted by atomic mass is 16.6. The molecule has 0 saturated carbocycles. The summed E-state index contributed by atoms with van der Waals surface area (Å²) in [5.41, 5.74) is 2.18. The van der Waals surface area contributed by atoms with Crippen LogP contribution in [0.25, 0.3) is 0 Å². The molecule has 1 aromatic heterocycles. The van der Waals surface area contributed by atoms with Crippen LogP contribution in [0.4, 0.5) is 4.79 Å².